The molecule has 0 spiro atoms. The van der Waals surface area contributed by atoms with Crippen LogP contribution in [-0.2, 0) is 19.4 Å². The van der Waals surface area contributed by atoms with Crippen LogP contribution in [0.4, 0.5) is 0 Å². The number of hydrogen-bond acceptors (Lipinski definition) is 3. The lowest BCUT2D eigenvalue weighted by molar-refractivity contribution is -0.271. The molecule has 0 aliphatic rings. The minimum Gasteiger partial charge on any atom is -0.373 e. The van der Waals surface area contributed by atoms with E-state index in [4.69, 9.17) is 25.8 Å². The first-order chi connectivity index (χ1) is 8.10. The fourth-order valence-electron chi connectivity index (χ4n) is 1.96. The fourth-order valence-corrected chi connectivity index (χ4v) is 3.57. The van der Waals surface area contributed by atoms with E-state index in [-0.39, 0.29) is 5.88 Å². The van der Waals surface area contributed by atoms with Crippen LogP contribution in [0.5, 0.6) is 0 Å². The van der Waals surface area contributed by atoms with Crippen molar-refractivity contribution in [2.24, 2.45) is 0 Å². The van der Waals surface area contributed by atoms with Gasteiger partial charge in [-0.15, -0.1) is 11.6 Å². The minimum absolute atomic E-state index is 0.201. The second-order valence-corrected chi connectivity index (χ2v) is 5.57. The Kier molecular flexibility index (Phi) is 5.16. The smallest absolute Gasteiger partial charge is 0.211 e. The fraction of sp³-hybridized carbons (Fsp3) is 0.500. The SMILES string of the molecule is COC(CCl)(OC)C([SiH3])(OC)c1ccccc1. The molecule has 1 rings (SSSR count). The summed E-state index contributed by atoms with van der Waals surface area (Å²) in [5, 5.41) is -0.639. The summed E-state index contributed by atoms with van der Waals surface area (Å²) in [5.74, 6) is -0.761. The van der Waals surface area contributed by atoms with Crippen molar-refractivity contribution in [2.75, 3.05) is 27.2 Å². The lowest BCUT2D eigenvalue weighted by atomic mass is 10.0. The Labute approximate surface area is 110 Å². The average molecular weight is 275 g/mol. The maximum atomic E-state index is 6.03. The summed E-state index contributed by atoms with van der Waals surface area (Å²) >= 11 is 6.03. The van der Waals surface area contributed by atoms with Crippen molar-refractivity contribution in [2.45, 2.75) is 11.0 Å². The van der Waals surface area contributed by atoms with Gasteiger partial charge in [-0.2, -0.15) is 0 Å². The number of hydrogen-bond donors (Lipinski definition) is 0. The Morgan fingerprint density at radius 2 is 1.59 bits per heavy atom. The molecule has 0 radical (unpaired) electrons. The second-order valence-electron chi connectivity index (χ2n) is 3.90. The summed E-state index contributed by atoms with van der Waals surface area (Å²) in [4.78, 5) is 0. The molecule has 0 fully saturated rings. The molecule has 0 bridgehead atoms. The molecular weight excluding hydrogens is 256 g/mol. The Balaban J connectivity index is 3.28. The van der Waals surface area contributed by atoms with Crippen LogP contribution >= 0.6 is 11.6 Å². The monoisotopic (exact) mass is 274 g/mol. The molecule has 0 N–H and O–H groups in total. The van der Waals surface area contributed by atoms with Crippen LogP contribution in [-0.4, -0.2) is 43.2 Å². The van der Waals surface area contributed by atoms with Gasteiger partial charge in [0.2, 0.25) is 5.79 Å². The normalized spacial score (nSPS) is 15.8. The minimum atomic E-state index is -0.961. The predicted octanol–water partition coefficient (Wildman–Crippen LogP) is 1.08. The molecule has 1 aromatic rings. The summed E-state index contributed by atoms with van der Waals surface area (Å²) < 4.78 is 16.7. The molecule has 0 heterocycles. The van der Waals surface area contributed by atoms with Crippen LogP contribution in [0.2, 0.25) is 0 Å². The predicted molar refractivity (Wildman–Crippen MR) is 72.5 cm³/mol. The standard InChI is InChI=1S/C12H19ClO3Si/c1-14-11(9-13,15-2)12(17,16-3)10-7-5-4-6-8-10/h4-8H,9H2,1-3,17H3. The number of benzene rings is 1. The van der Waals surface area contributed by atoms with E-state index in [0.717, 1.165) is 5.56 Å². The summed E-state index contributed by atoms with van der Waals surface area (Å²) in [7, 11) is 5.51. The third-order valence-electron chi connectivity index (χ3n) is 3.30. The van der Waals surface area contributed by atoms with Crippen molar-refractivity contribution >= 4 is 21.8 Å². The van der Waals surface area contributed by atoms with Crippen molar-refractivity contribution in [1.82, 2.24) is 0 Å². The highest BCUT2D eigenvalue weighted by Crippen LogP contribution is 2.37. The van der Waals surface area contributed by atoms with E-state index in [1.807, 2.05) is 30.3 Å². The highest BCUT2D eigenvalue weighted by atomic mass is 35.5. The first-order valence-corrected chi connectivity index (χ1v) is 6.90. The summed E-state index contributed by atoms with van der Waals surface area (Å²) in [5.41, 5.74) is 1.01. The van der Waals surface area contributed by atoms with Gasteiger partial charge in [-0.05, 0) is 5.56 Å². The van der Waals surface area contributed by atoms with Gasteiger partial charge in [0.05, 0.1) is 16.1 Å². The molecule has 1 unspecified atom stereocenters. The number of ether oxygens (including phenoxy) is 3. The zero-order chi connectivity index (χ0) is 12.9. The highest BCUT2D eigenvalue weighted by Gasteiger charge is 2.50. The van der Waals surface area contributed by atoms with Gasteiger partial charge in [0.25, 0.3) is 0 Å². The van der Waals surface area contributed by atoms with E-state index in [2.05, 4.69) is 0 Å². The van der Waals surface area contributed by atoms with Crippen LogP contribution in [0, 0.1) is 0 Å². The van der Waals surface area contributed by atoms with Crippen molar-refractivity contribution < 1.29 is 14.2 Å². The van der Waals surface area contributed by atoms with E-state index in [1.165, 1.54) is 0 Å². The van der Waals surface area contributed by atoms with E-state index in [0.29, 0.717) is 10.2 Å². The third-order valence-corrected chi connectivity index (χ3v) is 5.39. The topological polar surface area (TPSA) is 27.7 Å². The van der Waals surface area contributed by atoms with Gasteiger partial charge in [-0.25, -0.2) is 0 Å². The molecule has 1 atom stereocenters. The molecule has 0 saturated carbocycles. The first-order valence-electron chi connectivity index (χ1n) is 5.37. The molecular formula is C12H19ClO3Si. The molecule has 5 heteroatoms. The van der Waals surface area contributed by atoms with E-state index in [1.54, 1.807) is 21.3 Å². The van der Waals surface area contributed by atoms with Gasteiger partial charge in [0.1, 0.15) is 5.22 Å². The largest absolute Gasteiger partial charge is 0.373 e. The first kappa shape index (κ1) is 14.7. The van der Waals surface area contributed by atoms with Crippen molar-refractivity contribution in [3.63, 3.8) is 0 Å². The number of rotatable bonds is 6. The van der Waals surface area contributed by atoms with Gasteiger partial charge >= 0.3 is 0 Å². The quantitative estimate of drug-likeness (QED) is 0.441. The van der Waals surface area contributed by atoms with Crippen LogP contribution in [0.15, 0.2) is 30.3 Å². The Bertz CT molecular complexity index is 335. The Hall–Kier alpha value is -0.393. The molecule has 96 valence electrons. The van der Waals surface area contributed by atoms with Crippen molar-refractivity contribution in [3.8, 4) is 0 Å². The molecule has 0 saturated heterocycles. The molecule has 0 aliphatic heterocycles. The lowest BCUT2D eigenvalue weighted by Gasteiger charge is -2.44. The van der Waals surface area contributed by atoms with Crippen LogP contribution in [0.3, 0.4) is 0 Å². The summed E-state index contributed by atoms with van der Waals surface area (Å²) in [6.45, 7) is 0. The number of alkyl halides is 1. The zero-order valence-electron chi connectivity index (χ0n) is 10.7. The van der Waals surface area contributed by atoms with E-state index < -0.39 is 11.0 Å². The molecule has 3 nitrogen and oxygen atoms in total. The number of methoxy groups -OCH3 is 3. The second kappa shape index (κ2) is 5.98. The van der Waals surface area contributed by atoms with Gasteiger partial charge in [-0.3, -0.25) is 0 Å². The average Bonchev–Trinajstić information content (AvgIpc) is 2.42. The van der Waals surface area contributed by atoms with Gasteiger partial charge in [-0.1, -0.05) is 30.3 Å². The van der Waals surface area contributed by atoms with E-state index >= 15 is 0 Å². The van der Waals surface area contributed by atoms with Crippen LogP contribution in [0.25, 0.3) is 0 Å². The number of halogens is 1. The molecule has 1 aromatic carbocycles. The maximum absolute atomic E-state index is 6.03. The third kappa shape index (κ3) is 2.41. The van der Waals surface area contributed by atoms with Crippen LogP contribution in [0.1, 0.15) is 5.56 Å². The molecule has 0 aliphatic carbocycles. The van der Waals surface area contributed by atoms with E-state index in [9.17, 15) is 0 Å². The zero-order valence-corrected chi connectivity index (χ0v) is 13.5. The highest BCUT2D eigenvalue weighted by molar-refractivity contribution is 6.21. The summed E-state index contributed by atoms with van der Waals surface area (Å²) in [6, 6.07) is 9.88. The molecule has 0 aromatic heterocycles. The van der Waals surface area contributed by atoms with Crippen molar-refractivity contribution in [3.05, 3.63) is 35.9 Å². The summed E-state index contributed by atoms with van der Waals surface area (Å²) in [6.07, 6.45) is 0. The van der Waals surface area contributed by atoms with Crippen LogP contribution < -0.4 is 0 Å². The maximum Gasteiger partial charge on any atom is 0.211 e. The van der Waals surface area contributed by atoms with Gasteiger partial charge in [0, 0.05) is 21.3 Å². The Morgan fingerprint density at radius 3 is 1.94 bits per heavy atom. The molecule has 0 amide bonds. The van der Waals surface area contributed by atoms with Gasteiger partial charge < -0.3 is 14.2 Å². The van der Waals surface area contributed by atoms with Crippen molar-refractivity contribution in [1.29, 1.82) is 0 Å². The lowest BCUT2D eigenvalue weighted by Crippen LogP contribution is -2.57. The van der Waals surface area contributed by atoms with Gasteiger partial charge in [0.15, 0.2) is 0 Å². The Morgan fingerprint density at radius 1 is 1.06 bits per heavy atom. The molecule has 17 heavy (non-hydrogen) atoms.